The summed E-state index contributed by atoms with van der Waals surface area (Å²) >= 11 is 3.66. The van der Waals surface area contributed by atoms with Gasteiger partial charge in [0.1, 0.15) is 0 Å². The molecular weight excluding hydrogens is 96.1 g/mol. The van der Waals surface area contributed by atoms with Crippen LogP contribution in [0.4, 0.5) is 0 Å². The Hall–Kier alpha value is -0.240. The molecular formula is C4H6OS. The molecule has 0 fully saturated rings. The van der Waals surface area contributed by atoms with Crippen LogP contribution in [-0.4, -0.2) is 5.78 Å². The molecule has 0 saturated carbocycles. The summed E-state index contributed by atoms with van der Waals surface area (Å²) < 4.78 is 0. The van der Waals surface area contributed by atoms with Crippen LogP contribution in [0.15, 0.2) is 11.5 Å². The first-order valence-electron chi connectivity index (χ1n) is 1.58. The van der Waals surface area contributed by atoms with Gasteiger partial charge >= 0.3 is 0 Å². The highest BCUT2D eigenvalue weighted by molar-refractivity contribution is 7.83. The van der Waals surface area contributed by atoms with Crippen LogP contribution in [0.3, 0.4) is 0 Å². The molecule has 0 radical (unpaired) electrons. The molecule has 1 nitrogen and oxygen atoms in total. The number of hydrogen-bond donors (Lipinski definition) is 1. The predicted octanol–water partition coefficient (Wildman–Crippen LogP) is 1.02. The van der Waals surface area contributed by atoms with Crippen molar-refractivity contribution in [3.05, 3.63) is 11.5 Å². The summed E-state index contributed by atoms with van der Waals surface area (Å²) in [5, 5.41) is 1.42. The number of hydrogen-bond acceptors (Lipinski definition) is 2. The van der Waals surface area contributed by atoms with E-state index in [2.05, 4.69) is 12.6 Å². The van der Waals surface area contributed by atoms with Crippen molar-refractivity contribution < 1.29 is 4.79 Å². The molecule has 34 valence electrons. The molecule has 0 aromatic rings. The number of ketones is 1. The molecule has 0 atom stereocenters. The largest absolute Gasteiger partial charge is 0.295 e. The maximum atomic E-state index is 9.91. The zero-order valence-corrected chi connectivity index (χ0v) is 4.40. The summed E-state index contributed by atoms with van der Waals surface area (Å²) in [4.78, 5) is 9.91. The second-order valence-electron chi connectivity index (χ2n) is 0.926. The van der Waals surface area contributed by atoms with Crippen molar-refractivity contribution in [1.82, 2.24) is 0 Å². The summed E-state index contributed by atoms with van der Waals surface area (Å²) in [6.45, 7) is 1.48. The summed E-state index contributed by atoms with van der Waals surface area (Å²) in [5.41, 5.74) is 0. The van der Waals surface area contributed by atoms with Crippen LogP contribution in [-0.2, 0) is 4.79 Å². The Bertz CT molecular complexity index is 75.6. The fraction of sp³-hybridized carbons (Fsp3) is 0.250. The van der Waals surface area contributed by atoms with Crippen LogP contribution in [0, 0.1) is 0 Å². The summed E-state index contributed by atoms with van der Waals surface area (Å²) in [7, 11) is 0. The lowest BCUT2D eigenvalue weighted by Crippen LogP contribution is -1.75. The van der Waals surface area contributed by atoms with Gasteiger partial charge in [0.25, 0.3) is 0 Å². The lowest BCUT2D eigenvalue weighted by Gasteiger charge is -1.67. The third-order valence-corrected chi connectivity index (χ3v) is 0.458. The van der Waals surface area contributed by atoms with Gasteiger partial charge in [-0.25, -0.2) is 0 Å². The van der Waals surface area contributed by atoms with Gasteiger partial charge < -0.3 is 0 Å². The lowest BCUT2D eigenvalue weighted by atomic mass is 10.5. The number of allylic oxidation sites excluding steroid dienone is 1. The second-order valence-corrected chi connectivity index (χ2v) is 1.22. The minimum atomic E-state index is 0.0324. The highest BCUT2D eigenvalue weighted by Gasteiger charge is 1.73. The van der Waals surface area contributed by atoms with Crippen molar-refractivity contribution in [1.29, 1.82) is 0 Å². The van der Waals surface area contributed by atoms with Crippen molar-refractivity contribution in [2.24, 2.45) is 0 Å². The molecule has 0 aromatic carbocycles. The van der Waals surface area contributed by atoms with Crippen molar-refractivity contribution in [3.8, 4) is 0 Å². The molecule has 0 rings (SSSR count). The summed E-state index contributed by atoms with van der Waals surface area (Å²) in [6, 6.07) is 0. The van der Waals surface area contributed by atoms with Gasteiger partial charge in [0, 0.05) is 0 Å². The smallest absolute Gasteiger partial charge is 0.153 e. The zero-order valence-electron chi connectivity index (χ0n) is 3.51. The van der Waals surface area contributed by atoms with Crippen LogP contribution in [0.2, 0.25) is 0 Å². The van der Waals surface area contributed by atoms with E-state index in [0.29, 0.717) is 0 Å². The molecule has 0 aliphatic rings. The normalized spacial score (nSPS) is 9.67. The Morgan fingerprint density at radius 1 is 1.83 bits per heavy atom. The monoisotopic (exact) mass is 102 g/mol. The zero-order chi connectivity index (χ0) is 4.99. The van der Waals surface area contributed by atoms with Crippen molar-refractivity contribution in [2.75, 3.05) is 0 Å². The van der Waals surface area contributed by atoms with E-state index in [-0.39, 0.29) is 5.78 Å². The standard InChI is InChI=1S/C4H6OS/c1-4(5)2-3-6/h2-3,6H,1H3/b3-2+. The molecule has 0 aliphatic heterocycles. The number of rotatable bonds is 1. The number of carbonyl (C=O) groups excluding carboxylic acids is 1. The van der Waals surface area contributed by atoms with Gasteiger partial charge in [-0.15, -0.1) is 0 Å². The number of thiol groups is 1. The summed E-state index contributed by atoms with van der Waals surface area (Å²) in [5.74, 6) is 0.0324. The van der Waals surface area contributed by atoms with E-state index in [9.17, 15) is 4.79 Å². The van der Waals surface area contributed by atoms with Gasteiger partial charge in [-0.2, -0.15) is 12.6 Å². The molecule has 0 saturated heterocycles. The van der Waals surface area contributed by atoms with E-state index in [0.717, 1.165) is 0 Å². The quantitative estimate of drug-likeness (QED) is 0.386. The average Bonchev–Trinajstić information content (AvgIpc) is 1.35. The van der Waals surface area contributed by atoms with E-state index < -0.39 is 0 Å². The van der Waals surface area contributed by atoms with Gasteiger partial charge in [0.15, 0.2) is 5.78 Å². The fourth-order valence-corrected chi connectivity index (χ4v) is 0.315. The van der Waals surface area contributed by atoms with Crippen LogP contribution < -0.4 is 0 Å². The maximum Gasteiger partial charge on any atom is 0.153 e. The van der Waals surface area contributed by atoms with Gasteiger partial charge in [0.05, 0.1) is 0 Å². The first-order valence-corrected chi connectivity index (χ1v) is 2.10. The highest BCUT2D eigenvalue weighted by atomic mass is 32.1. The van der Waals surface area contributed by atoms with E-state index >= 15 is 0 Å². The number of carbonyl (C=O) groups is 1. The lowest BCUT2D eigenvalue weighted by molar-refractivity contribution is -0.112. The van der Waals surface area contributed by atoms with E-state index in [4.69, 9.17) is 0 Å². The van der Waals surface area contributed by atoms with Gasteiger partial charge in [-0.3, -0.25) is 4.79 Å². The van der Waals surface area contributed by atoms with Crippen LogP contribution in [0.1, 0.15) is 6.92 Å². The molecule has 0 aliphatic carbocycles. The molecule has 0 unspecified atom stereocenters. The second kappa shape index (κ2) is 2.97. The maximum absolute atomic E-state index is 9.91. The minimum Gasteiger partial charge on any atom is -0.295 e. The first-order chi connectivity index (χ1) is 2.77. The van der Waals surface area contributed by atoms with Crippen LogP contribution in [0.25, 0.3) is 0 Å². The third-order valence-electron chi connectivity index (χ3n) is 0.309. The molecule has 0 bridgehead atoms. The molecule has 2 heteroatoms. The first kappa shape index (κ1) is 5.76. The Labute approximate surface area is 42.5 Å². The fourth-order valence-electron chi connectivity index (χ4n) is 0.105. The van der Waals surface area contributed by atoms with Crippen molar-refractivity contribution >= 4 is 18.4 Å². The molecule has 0 N–H and O–H groups in total. The van der Waals surface area contributed by atoms with Gasteiger partial charge in [-0.1, -0.05) is 0 Å². The topological polar surface area (TPSA) is 17.1 Å². The Morgan fingerprint density at radius 3 is 2.33 bits per heavy atom. The Kier molecular flexibility index (Phi) is 2.85. The average molecular weight is 102 g/mol. The predicted molar refractivity (Wildman–Crippen MR) is 28.8 cm³/mol. The van der Waals surface area contributed by atoms with E-state index in [1.54, 1.807) is 0 Å². The molecule has 0 heterocycles. The van der Waals surface area contributed by atoms with Crippen molar-refractivity contribution in [2.45, 2.75) is 6.92 Å². The Morgan fingerprint density at radius 2 is 2.33 bits per heavy atom. The molecule has 0 spiro atoms. The molecule has 0 aromatic heterocycles. The van der Waals surface area contributed by atoms with Gasteiger partial charge in [0.2, 0.25) is 0 Å². The van der Waals surface area contributed by atoms with E-state index in [1.165, 1.54) is 18.4 Å². The van der Waals surface area contributed by atoms with Gasteiger partial charge in [-0.05, 0) is 18.4 Å². The molecule has 0 amide bonds. The molecule has 6 heavy (non-hydrogen) atoms. The third kappa shape index (κ3) is 3.76. The Balaban J connectivity index is 3.30. The van der Waals surface area contributed by atoms with Crippen LogP contribution >= 0.6 is 12.6 Å². The van der Waals surface area contributed by atoms with E-state index in [1.807, 2.05) is 0 Å². The minimum absolute atomic E-state index is 0.0324. The van der Waals surface area contributed by atoms with Crippen LogP contribution in [0.5, 0.6) is 0 Å². The SMILES string of the molecule is CC(=O)/C=C/S. The highest BCUT2D eigenvalue weighted by Crippen LogP contribution is 1.75. The van der Waals surface area contributed by atoms with Crippen molar-refractivity contribution in [3.63, 3.8) is 0 Å². The summed E-state index contributed by atoms with van der Waals surface area (Å²) in [6.07, 6.45) is 1.39.